The highest BCUT2D eigenvalue weighted by Gasteiger charge is 2.68. The smallest absolute Gasteiger partial charge is 0.364 e. The van der Waals surface area contributed by atoms with Crippen molar-refractivity contribution in [3.63, 3.8) is 0 Å². The number of carboxylic acids is 1. The Bertz CT molecular complexity index is 989. The number of aliphatic carboxylic acids is 1. The molecule has 3 heterocycles. The monoisotopic (exact) mass is 415 g/mol. The molecule has 152 valence electrons. The summed E-state index contributed by atoms with van der Waals surface area (Å²) in [7, 11) is 0. The topological polar surface area (TPSA) is 111 Å². The number of Topliss-reactive ketones (excluding diaryl/α,β-unsaturated/α-hetero) is 1. The second-order valence-electron chi connectivity index (χ2n) is 7.90. The van der Waals surface area contributed by atoms with E-state index < -0.39 is 44.5 Å². The maximum atomic E-state index is 13.0. The molecular formula is C20H21N3O5S. The van der Waals surface area contributed by atoms with Crippen LogP contribution in [0.2, 0.25) is 0 Å². The number of quaternary nitrogens is 1. The number of thioether (sulfide) groups is 1. The van der Waals surface area contributed by atoms with E-state index in [1.165, 1.54) is 11.8 Å². The Morgan fingerprint density at radius 2 is 1.90 bits per heavy atom. The van der Waals surface area contributed by atoms with Gasteiger partial charge >= 0.3 is 5.97 Å². The number of nitrogens with zero attached hydrogens (tertiary/aromatic N) is 2. The number of ketones is 1. The Morgan fingerprint density at radius 3 is 2.55 bits per heavy atom. The number of hydrogen-bond acceptors (Lipinski definition) is 5. The molecule has 1 aromatic heterocycles. The van der Waals surface area contributed by atoms with Gasteiger partial charge in [-0.05, 0) is 38.1 Å². The van der Waals surface area contributed by atoms with Gasteiger partial charge in [-0.2, -0.15) is 0 Å². The zero-order valence-electron chi connectivity index (χ0n) is 15.9. The molecule has 8 nitrogen and oxygen atoms in total. The lowest BCUT2D eigenvalue weighted by molar-refractivity contribution is -0.943. The number of carboxylic acid groups (broad SMARTS) is 1. The van der Waals surface area contributed by atoms with Crippen LogP contribution in [0, 0.1) is 5.21 Å². The van der Waals surface area contributed by atoms with E-state index in [2.05, 4.69) is 5.32 Å². The molecule has 0 saturated carbocycles. The van der Waals surface area contributed by atoms with Gasteiger partial charge in [0.05, 0.1) is 10.4 Å². The van der Waals surface area contributed by atoms with Gasteiger partial charge in [-0.3, -0.25) is 9.59 Å². The number of amides is 1. The summed E-state index contributed by atoms with van der Waals surface area (Å²) in [5, 5.41) is 24.5. The first kappa shape index (κ1) is 19.7. The van der Waals surface area contributed by atoms with Crippen molar-refractivity contribution in [1.29, 1.82) is 0 Å². The lowest BCUT2D eigenvalue weighted by Crippen LogP contribution is -2.76. The zero-order chi connectivity index (χ0) is 21.0. The molecule has 2 aliphatic rings. The van der Waals surface area contributed by atoms with Crippen LogP contribution in [-0.4, -0.2) is 60.7 Å². The third-order valence-electron chi connectivity index (χ3n) is 5.55. The number of para-hydroxylation sites is 1. The van der Waals surface area contributed by atoms with Crippen LogP contribution in [0.1, 0.15) is 24.3 Å². The van der Waals surface area contributed by atoms with Crippen LogP contribution in [0.25, 0.3) is 5.69 Å². The molecule has 2 aliphatic heterocycles. The maximum Gasteiger partial charge on any atom is 0.364 e. The summed E-state index contributed by atoms with van der Waals surface area (Å²) in [6, 6.07) is 10.8. The maximum absolute atomic E-state index is 13.0. The Hall–Kier alpha value is -2.62. The number of rotatable bonds is 5. The minimum Gasteiger partial charge on any atom is -0.631 e. The SMILES string of the molecule is CC1(C)S[C@@H]2[C@H](NC(=O)C(=O)c3cccn3-c3ccccc3)C[N+]2([O-])[C@H]1C(=O)O. The molecule has 2 fully saturated rings. The highest BCUT2D eigenvalue weighted by atomic mass is 32.2. The van der Waals surface area contributed by atoms with E-state index >= 15 is 0 Å². The van der Waals surface area contributed by atoms with Crippen molar-refractivity contribution in [2.45, 2.75) is 36.1 Å². The van der Waals surface area contributed by atoms with Gasteiger partial charge < -0.3 is 24.8 Å². The first-order valence-electron chi connectivity index (χ1n) is 9.22. The van der Waals surface area contributed by atoms with Gasteiger partial charge in [-0.1, -0.05) is 30.0 Å². The van der Waals surface area contributed by atoms with Gasteiger partial charge in [0.1, 0.15) is 12.6 Å². The van der Waals surface area contributed by atoms with Crippen LogP contribution < -0.4 is 5.32 Å². The van der Waals surface area contributed by atoms with Gasteiger partial charge in [0, 0.05) is 11.9 Å². The summed E-state index contributed by atoms with van der Waals surface area (Å²) >= 11 is 1.26. The van der Waals surface area contributed by atoms with E-state index in [9.17, 15) is 24.7 Å². The summed E-state index contributed by atoms with van der Waals surface area (Å²) in [5.41, 5.74) is 0.976. The highest BCUT2D eigenvalue weighted by molar-refractivity contribution is 8.01. The second-order valence-corrected chi connectivity index (χ2v) is 9.67. The largest absolute Gasteiger partial charge is 0.631 e. The number of carbonyl (C=O) groups excluding carboxylic acids is 2. The summed E-state index contributed by atoms with van der Waals surface area (Å²) in [5.74, 6) is -2.64. The number of carbonyl (C=O) groups is 3. The molecule has 0 radical (unpaired) electrons. The lowest BCUT2D eigenvalue weighted by Gasteiger charge is -2.57. The minimum absolute atomic E-state index is 0.0587. The van der Waals surface area contributed by atoms with Crippen LogP contribution in [0.15, 0.2) is 48.7 Å². The van der Waals surface area contributed by atoms with E-state index in [0.29, 0.717) is 0 Å². The second kappa shape index (κ2) is 6.72. The van der Waals surface area contributed by atoms with Crippen LogP contribution in [0.4, 0.5) is 0 Å². The number of aromatic nitrogens is 1. The molecule has 2 N–H and O–H groups in total. The van der Waals surface area contributed by atoms with Crippen molar-refractivity contribution in [3.05, 3.63) is 59.6 Å². The van der Waals surface area contributed by atoms with Crippen LogP contribution in [0.3, 0.4) is 0 Å². The van der Waals surface area contributed by atoms with Gasteiger partial charge in [0.25, 0.3) is 11.7 Å². The van der Waals surface area contributed by atoms with Gasteiger partial charge in [-0.15, -0.1) is 0 Å². The first-order valence-corrected chi connectivity index (χ1v) is 10.1. The fraction of sp³-hybridized carbons (Fsp3) is 0.350. The fourth-order valence-electron chi connectivity index (χ4n) is 4.32. The predicted molar refractivity (Wildman–Crippen MR) is 107 cm³/mol. The van der Waals surface area contributed by atoms with Gasteiger partial charge in [0.2, 0.25) is 6.04 Å². The molecule has 1 amide bonds. The molecule has 0 bridgehead atoms. The Morgan fingerprint density at radius 1 is 1.21 bits per heavy atom. The number of hydrogen-bond donors (Lipinski definition) is 2. The highest BCUT2D eigenvalue weighted by Crippen LogP contribution is 2.55. The molecule has 2 saturated heterocycles. The molecule has 9 heteroatoms. The van der Waals surface area contributed by atoms with E-state index in [0.717, 1.165) is 5.69 Å². The Balaban J connectivity index is 1.49. The lowest BCUT2D eigenvalue weighted by atomic mass is 9.95. The van der Waals surface area contributed by atoms with Crippen molar-refractivity contribution in [2.75, 3.05) is 6.54 Å². The summed E-state index contributed by atoms with van der Waals surface area (Å²) in [4.78, 5) is 36.9. The fourth-order valence-corrected chi connectivity index (χ4v) is 6.06. The number of fused-ring (bicyclic) bond motifs is 1. The minimum atomic E-state index is -1.14. The van der Waals surface area contributed by atoms with Gasteiger partial charge in [-0.25, -0.2) is 4.79 Å². The molecule has 4 atom stereocenters. The Kier molecular flexibility index (Phi) is 4.56. The van der Waals surface area contributed by atoms with Gasteiger partial charge in [0.15, 0.2) is 5.37 Å². The average molecular weight is 415 g/mol. The van der Waals surface area contributed by atoms with E-state index in [-0.39, 0.29) is 12.2 Å². The van der Waals surface area contributed by atoms with E-state index in [1.807, 2.05) is 30.3 Å². The Labute approximate surface area is 171 Å². The quantitative estimate of drug-likeness (QED) is 0.333. The molecular weight excluding hydrogens is 394 g/mol. The van der Waals surface area contributed by atoms with Crippen LogP contribution >= 0.6 is 11.8 Å². The zero-order valence-corrected chi connectivity index (χ0v) is 16.8. The molecule has 0 spiro atoms. The van der Waals surface area contributed by atoms with Crippen molar-refractivity contribution < 1.29 is 24.1 Å². The molecule has 0 aliphatic carbocycles. The molecule has 29 heavy (non-hydrogen) atoms. The normalized spacial score (nSPS) is 29.6. The molecule has 1 aromatic carbocycles. The van der Waals surface area contributed by atoms with Crippen molar-refractivity contribution in [1.82, 2.24) is 9.88 Å². The number of hydroxylamine groups is 3. The summed E-state index contributed by atoms with van der Waals surface area (Å²) in [6.07, 6.45) is 1.70. The predicted octanol–water partition coefficient (Wildman–Crippen LogP) is 1.78. The van der Waals surface area contributed by atoms with Crippen molar-refractivity contribution >= 4 is 29.4 Å². The average Bonchev–Trinajstić information content (AvgIpc) is 3.20. The van der Waals surface area contributed by atoms with Crippen LogP contribution in [0.5, 0.6) is 0 Å². The molecule has 1 unspecified atom stereocenters. The standard InChI is InChI=1S/C20H21N3O5S/c1-20(2)16(19(26)27)23(28)11-13(18(23)29-20)21-17(25)15(24)14-9-6-10-22(14)12-7-4-3-5-8-12/h3-10,13,16,18H,11H2,1-2H3,(H,21,25)(H,26,27)/t13-,16+,18-,23?/m1/s1. The third kappa shape index (κ3) is 3.06. The van der Waals surface area contributed by atoms with E-state index in [4.69, 9.17) is 0 Å². The number of nitrogens with one attached hydrogen (secondary N) is 1. The molecule has 4 rings (SSSR count). The summed E-state index contributed by atoms with van der Waals surface area (Å²) in [6.45, 7) is 3.39. The number of benzene rings is 1. The molecule has 2 aromatic rings. The first-order chi connectivity index (χ1) is 13.6. The van der Waals surface area contributed by atoms with Crippen LogP contribution in [-0.2, 0) is 9.59 Å². The van der Waals surface area contributed by atoms with E-state index in [1.54, 1.807) is 36.7 Å². The van der Waals surface area contributed by atoms with Crippen molar-refractivity contribution in [2.24, 2.45) is 0 Å². The van der Waals surface area contributed by atoms with Crippen molar-refractivity contribution in [3.8, 4) is 5.69 Å². The third-order valence-corrected chi connectivity index (χ3v) is 7.31. The summed E-state index contributed by atoms with van der Waals surface area (Å²) < 4.78 is -0.0131.